The molecule has 4 rings (SSSR count). The average molecular weight is 309 g/mol. The topological polar surface area (TPSA) is 31.9 Å². The predicted octanol–water partition coefficient (Wildman–Crippen LogP) is 4.04. The van der Waals surface area contributed by atoms with E-state index in [1.807, 2.05) is 0 Å². The van der Waals surface area contributed by atoms with E-state index < -0.39 is 0 Å². The van der Waals surface area contributed by atoms with E-state index in [9.17, 15) is 0 Å². The minimum Gasteiger partial charge on any atom is -0.300 e. The first-order chi connectivity index (χ1) is 11.2. The average Bonchev–Trinajstić information content (AvgIpc) is 2.93. The lowest BCUT2D eigenvalue weighted by molar-refractivity contribution is 0.150. The van der Waals surface area contributed by atoms with Gasteiger partial charge in [0, 0.05) is 17.3 Å². The van der Waals surface area contributed by atoms with Gasteiger partial charge in [-0.1, -0.05) is 24.6 Å². The number of aromatic amines is 1. The summed E-state index contributed by atoms with van der Waals surface area (Å²) in [5.74, 6) is 0. The van der Waals surface area contributed by atoms with Crippen LogP contribution in [0, 0.1) is 13.8 Å². The van der Waals surface area contributed by atoms with Crippen molar-refractivity contribution in [3.8, 4) is 11.1 Å². The highest BCUT2D eigenvalue weighted by Gasteiger charge is 2.27. The van der Waals surface area contributed by atoms with Crippen LogP contribution < -0.4 is 0 Å². The first-order valence-electron chi connectivity index (χ1n) is 9.11. The largest absolute Gasteiger partial charge is 0.300 e. The van der Waals surface area contributed by atoms with Crippen LogP contribution in [-0.4, -0.2) is 34.2 Å². The van der Waals surface area contributed by atoms with Crippen LogP contribution >= 0.6 is 0 Å². The standard InChI is InChI=1S/C20H27N3/c1-14-20(15(2)22-21-14)19-8-6-7-16-13-17(9-10-18(16)19)23-11-4-3-5-12-23/h6-8,17H,3-5,9-13H2,1-2H3,(H,21,22). The molecule has 0 saturated carbocycles. The van der Waals surface area contributed by atoms with Gasteiger partial charge < -0.3 is 4.90 Å². The maximum atomic E-state index is 4.40. The number of rotatable bonds is 2. The van der Waals surface area contributed by atoms with Gasteiger partial charge in [-0.25, -0.2) is 0 Å². The van der Waals surface area contributed by atoms with Crippen LogP contribution in [-0.2, 0) is 12.8 Å². The van der Waals surface area contributed by atoms with Crippen molar-refractivity contribution in [1.82, 2.24) is 15.1 Å². The van der Waals surface area contributed by atoms with Crippen molar-refractivity contribution >= 4 is 0 Å². The Morgan fingerprint density at radius 3 is 2.70 bits per heavy atom. The van der Waals surface area contributed by atoms with Gasteiger partial charge in [0.2, 0.25) is 0 Å². The van der Waals surface area contributed by atoms with Gasteiger partial charge in [0.15, 0.2) is 0 Å². The fourth-order valence-electron chi connectivity index (χ4n) is 4.57. The Kier molecular flexibility index (Phi) is 3.98. The highest BCUT2D eigenvalue weighted by Crippen LogP contribution is 2.35. The summed E-state index contributed by atoms with van der Waals surface area (Å²) in [4.78, 5) is 2.74. The van der Waals surface area contributed by atoms with Gasteiger partial charge in [0.1, 0.15) is 0 Å². The fraction of sp³-hybridized carbons (Fsp3) is 0.550. The normalized spacial score (nSPS) is 22.1. The molecule has 1 N–H and O–H groups in total. The molecular weight excluding hydrogens is 282 g/mol. The predicted molar refractivity (Wildman–Crippen MR) is 94.7 cm³/mol. The van der Waals surface area contributed by atoms with E-state index in [1.165, 1.54) is 68.4 Å². The van der Waals surface area contributed by atoms with Crippen molar-refractivity contribution in [2.24, 2.45) is 0 Å². The highest BCUT2D eigenvalue weighted by atomic mass is 15.2. The zero-order valence-corrected chi connectivity index (χ0v) is 14.4. The van der Waals surface area contributed by atoms with Crippen LogP contribution in [0.2, 0.25) is 0 Å². The molecule has 1 atom stereocenters. The number of hydrogen-bond acceptors (Lipinski definition) is 2. The SMILES string of the molecule is Cc1n[nH]c(C)c1-c1cccc2c1CCC(N1CCCCC1)C2. The molecular formula is C20H27N3. The molecule has 122 valence electrons. The summed E-state index contributed by atoms with van der Waals surface area (Å²) in [6, 6.07) is 7.62. The summed E-state index contributed by atoms with van der Waals surface area (Å²) in [6.45, 7) is 6.85. The van der Waals surface area contributed by atoms with Gasteiger partial charge in [-0.2, -0.15) is 5.10 Å². The molecule has 2 aliphatic rings. The third-order valence-corrected chi connectivity index (χ3v) is 5.76. The zero-order valence-electron chi connectivity index (χ0n) is 14.4. The number of aryl methyl sites for hydroxylation is 2. The van der Waals surface area contributed by atoms with E-state index in [0.29, 0.717) is 0 Å². The fourth-order valence-corrected chi connectivity index (χ4v) is 4.57. The van der Waals surface area contributed by atoms with Crippen LogP contribution in [0.25, 0.3) is 11.1 Å². The summed E-state index contributed by atoms with van der Waals surface area (Å²) < 4.78 is 0. The Balaban J connectivity index is 1.65. The van der Waals surface area contributed by atoms with Crippen molar-refractivity contribution in [1.29, 1.82) is 0 Å². The number of nitrogens with one attached hydrogen (secondary N) is 1. The second-order valence-corrected chi connectivity index (χ2v) is 7.25. The molecule has 3 nitrogen and oxygen atoms in total. The summed E-state index contributed by atoms with van der Waals surface area (Å²) in [7, 11) is 0. The van der Waals surface area contributed by atoms with Gasteiger partial charge in [-0.05, 0) is 75.7 Å². The molecule has 1 aromatic carbocycles. The highest BCUT2D eigenvalue weighted by molar-refractivity contribution is 5.73. The van der Waals surface area contributed by atoms with Gasteiger partial charge in [-0.3, -0.25) is 5.10 Å². The molecule has 3 heteroatoms. The molecule has 1 unspecified atom stereocenters. The molecule has 1 aromatic heterocycles. The van der Waals surface area contributed by atoms with E-state index >= 15 is 0 Å². The van der Waals surface area contributed by atoms with Crippen molar-refractivity contribution in [3.05, 3.63) is 40.7 Å². The van der Waals surface area contributed by atoms with E-state index in [4.69, 9.17) is 0 Å². The smallest absolute Gasteiger partial charge is 0.0672 e. The first kappa shape index (κ1) is 14.9. The Morgan fingerprint density at radius 1 is 1.13 bits per heavy atom. The van der Waals surface area contributed by atoms with Crippen molar-refractivity contribution in [2.45, 2.75) is 58.4 Å². The summed E-state index contributed by atoms with van der Waals surface area (Å²) >= 11 is 0. The lowest BCUT2D eigenvalue weighted by Crippen LogP contribution is -2.42. The van der Waals surface area contributed by atoms with E-state index in [-0.39, 0.29) is 0 Å². The second-order valence-electron chi connectivity index (χ2n) is 7.25. The number of fused-ring (bicyclic) bond motifs is 1. The maximum absolute atomic E-state index is 4.40. The van der Waals surface area contributed by atoms with Crippen molar-refractivity contribution in [2.75, 3.05) is 13.1 Å². The van der Waals surface area contributed by atoms with Gasteiger partial charge in [-0.15, -0.1) is 0 Å². The van der Waals surface area contributed by atoms with Crippen LogP contribution in [0.5, 0.6) is 0 Å². The van der Waals surface area contributed by atoms with Crippen LogP contribution in [0.15, 0.2) is 18.2 Å². The molecule has 2 heterocycles. The number of benzene rings is 1. The second kappa shape index (κ2) is 6.12. The Hall–Kier alpha value is -1.61. The molecule has 1 saturated heterocycles. The third-order valence-electron chi connectivity index (χ3n) is 5.76. The molecule has 0 amide bonds. The lowest BCUT2D eigenvalue weighted by atomic mass is 9.82. The number of aromatic nitrogens is 2. The molecule has 0 bridgehead atoms. The number of likely N-dealkylation sites (tertiary alicyclic amines) is 1. The summed E-state index contributed by atoms with van der Waals surface area (Å²) in [5.41, 5.74) is 8.16. The quantitative estimate of drug-likeness (QED) is 0.908. The number of H-pyrrole nitrogens is 1. The molecule has 1 aliphatic carbocycles. The minimum atomic E-state index is 0.754. The lowest BCUT2D eigenvalue weighted by Gasteiger charge is -2.38. The maximum Gasteiger partial charge on any atom is 0.0672 e. The van der Waals surface area contributed by atoms with Gasteiger partial charge >= 0.3 is 0 Å². The van der Waals surface area contributed by atoms with E-state index in [0.717, 1.165) is 11.7 Å². The molecule has 1 aliphatic heterocycles. The summed E-state index contributed by atoms with van der Waals surface area (Å²) in [6.07, 6.45) is 7.92. The first-order valence-corrected chi connectivity index (χ1v) is 9.11. The number of nitrogens with zero attached hydrogens (tertiary/aromatic N) is 2. The Bertz CT molecular complexity index is 675. The summed E-state index contributed by atoms with van der Waals surface area (Å²) in [5, 5.41) is 7.54. The minimum absolute atomic E-state index is 0.754. The molecule has 0 radical (unpaired) electrons. The zero-order chi connectivity index (χ0) is 15.8. The molecule has 2 aromatic rings. The van der Waals surface area contributed by atoms with Crippen LogP contribution in [0.1, 0.15) is 48.2 Å². The third kappa shape index (κ3) is 2.72. The van der Waals surface area contributed by atoms with E-state index in [1.54, 1.807) is 11.1 Å². The van der Waals surface area contributed by atoms with Crippen LogP contribution in [0.4, 0.5) is 0 Å². The molecule has 0 spiro atoms. The van der Waals surface area contributed by atoms with E-state index in [2.05, 4.69) is 47.1 Å². The van der Waals surface area contributed by atoms with Gasteiger partial charge in [0.05, 0.1) is 5.69 Å². The van der Waals surface area contributed by atoms with Crippen molar-refractivity contribution in [3.63, 3.8) is 0 Å². The van der Waals surface area contributed by atoms with Crippen molar-refractivity contribution < 1.29 is 0 Å². The van der Waals surface area contributed by atoms with Gasteiger partial charge in [0.25, 0.3) is 0 Å². The monoisotopic (exact) mass is 309 g/mol. The Labute approximate surface area is 139 Å². The number of piperidine rings is 1. The molecule has 1 fully saturated rings. The number of hydrogen-bond donors (Lipinski definition) is 1. The van der Waals surface area contributed by atoms with Crippen LogP contribution in [0.3, 0.4) is 0 Å². The Morgan fingerprint density at radius 2 is 1.96 bits per heavy atom. The molecule has 23 heavy (non-hydrogen) atoms.